The molecule has 1 unspecified atom stereocenters. The summed E-state index contributed by atoms with van der Waals surface area (Å²) in [5.41, 5.74) is 1.75. The molecule has 0 aromatic heterocycles. The normalized spacial score (nSPS) is 21.4. The third-order valence-electron chi connectivity index (χ3n) is 3.13. The third kappa shape index (κ3) is 4.29. The monoisotopic (exact) mass is 360 g/mol. The predicted octanol–water partition coefficient (Wildman–Crippen LogP) is 1.47. The van der Waals surface area contributed by atoms with Gasteiger partial charge in [-0.2, -0.15) is 0 Å². The number of benzene rings is 1. The molecule has 1 aliphatic rings. The van der Waals surface area contributed by atoms with Crippen LogP contribution in [-0.4, -0.2) is 38.4 Å². The summed E-state index contributed by atoms with van der Waals surface area (Å²) in [5.74, 6) is -0.0184. The Morgan fingerprint density at radius 2 is 2.25 bits per heavy atom. The molecule has 1 fully saturated rings. The molecule has 2 N–H and O–H groups in total. The molecule has 1 saturated heterocycles. The highest BCUT2D eigenvalue weighted by molar-refractivity contribution is 9.10. The van der Waals surface area contributed by atoms with Gasteiger partial charge < -0.3 is 10.6 Å². The Morgan fingerprint density at radius 1 is 1.50 bits per heavy atom. The first kappa shape index (κ1) is 15.5. The number of carbonyl (C=O) groups excluding carboxylic acids is 1. The summed E-state index contributed by atoms with van der Waals surface area (Å²) >= 11 is 3.38. The van der Waals surface area contributed by atoms with Crippen LogP contribution in [0, 0.1) is 6.92 Å². The Bertz CT molecular complexity index is 616. The van der Waals surface area contributed by atoms with Crippen molar-refractivity contribution in [2.45, 2.75) is 19.4 Å². The molecule has 5 nitrogen and oxygen atoms in total. The SMILES string of the molecule is Cc1ccc(Br)c(NC(=O)CC2CS(=O)(=O)CCN2)c1. The highest BCUT2D eigenvalue weighted by Crippen LogP contribution is 2.23. The van der Waals surface area contributed by atoms with Crippen molar-refractivity contribution in [3.05, 3.63) is 28.2 Å². The largest absolute Gasteiger partial charge is 0.325 e. The summed E-state index contributed by atoms with van der Waals surface area (Å²) in [7, 11) is -3.02. The second-order valence-corrected chi connectivity index (χ2v) is 8.08. The maximum atomic E-state index is 12.0. The first-order chi connectivity index (χ1) is 9.35. The van der Waals surface area contributed by atoms with Crippen molar-refractivity contribution in [1.82, 2.24) is 5.32 Å². The molecule has 1 aliphatic heterocycles. The van der Waals surface area contributed by atoms with Crippen molar-refractivity contribution in [2.75, 3.05) is 23.4 Å². The van der Waals surface area contributed by atoms with E-state index in [9.17, 15) is 13.2 Å². The fraction of sp³-hybridized carbons (Fsp3) is 0.462. The van der Waals surface area contributed by atoms with E-state index in [1.54, 1.807) is 0 Å². The molecule has 110 valence electrons. The van der Waals surface area contributed by atoms with E-state index < -0.39 is 9.84 Å². The van der Waals surface area contributed by atoms with Crippen molar-refractivity contribution < 1.29 is 13.2 Å². The second kappa shape index (κ2) is 6.24. The Kier molecular flexibility index (Phi) is 4.82. The van der Waals surface area contributed by atoms with Crippen LogP contribution in [0.4, 0.5) is 5.69 Å². The molecular formula is C13H17BrN2O3S. The molecule has 1 atom stereocenters. The van der Waals surface area contributed by atoms with Crippen LogP contribution in [-0.2, 0) is 14.6 Å². The Labute approximate surface area is 127 Å². The van der Waals surface area contributed by atoms with Crippen LogP contribution < -0.4 is 10.6 Å². The van der Waals surface area contributed by atoms with Crippen LogP contribution >= 0.6 is 15.9 Å². The van der Waals surface area contributed by atoms with Gasteiger partial charge in [0.15, 0.2) is 9.84 Å². The van der Waals surface area contributed by atoms with Crippen LogP contribution in [0.2, 0.25) is 0 Å². The lowest BCUT2D eigenvalue weighted by atomic mass is 10.2. The molecule has 7 heteroatoms. The number of aryl methyl sites for hydroxylation is 1. The molecule has 1 heterocycles. The highest BCUT2D eigenvalue weighted by Gasteiger charge is 2.26. The quantitative estimate of drug-likeness (QED) is 0.855. The average molecular weight is 361 g/mol. The van der Waals surface area contributed by atoms with Crippen molar-refractivity contribution in [1.29, 1.82) is 0 Å². The lowest BCUT2D eigenvalue weighted by Gasteiger charge is -2.23. The topological polar surface area (TPSA) is 75.3 Å². The van der Waals surface area contributed by atoms with Crippen molar-refractivity contribution in [3.63, 3.8) is 0 Å². The van der Waals surface area contributed by atoms with E-state index in [0.717, 1.165) is 10.0 Å². The van der Waals surface area contributed by atoms with Crippen molar-refractivity contribution >= 4 is 37.4 Å². The van der Waals surface area contributed by atoms with E-state index in [2.05, 4.69) is 26.6 Å². The van der Waals surface area contributed by atoms with Gasteiger partial charge in [-0.1, -0.05) is 6.07 Å². The molecule has 0 bridgehead atoms. The van der Waals surface area contributed by atoms with Gasteiger partial charge >= 0.3 is 0 Å². The second-order valence-electron chi connectivity index (χ2n) is 5.00. The molecule has 0 aliphatic carbocycles. The molecule has 0 saturated carbocycles. The number of nitrogens with one attached hydrogen (secondary N) is 2. The third-order valence-corrected chi connectivity index (χ3v) is 5.56. The molecule has 20 heavy (non-hydrogen) atoms. The lowest BCUT2D eigenvalue weighted by molar-refractivity contribution is -0.116. The molecular weight excluding hydrogens is 344 g/mol. The van der Waals surface area contributed by atoms with Crippen LogP contribution in [0.5, 0.6) is 0 Å². The fourth-order valence-electron chi connectivity index (χ4n) is 2.16. The summed E-state index contributed by atoms with van der Waals surface area (Å²) in [6, 6.07) is 5.37. The summed E-state index contributed by atoms with van der Waals surface area (Å²) in [6.07, 6.45) is 0.152. The standard InChI is InChI=1S/C13H17BrN2O3S/c1-9-2-3-11(14)12(6-9)16-13(17)7-10-8-20(18,19)5-4-15-10/h2-3,6,10,15H,4-5,7-8H2,1H3,(H,16,17). The summed E-state index contributed by atoms with van der Waals surface area (Å²) < 4.78 is 23.8. The zero-order chi connectivity index (χ0) is 14.8. The van der Waals surface area contributed by atoms with Gasteiger partial charge in [0.1, 0.15) is 0 Å². The molecule has 1 aromatic rings. The van der Waals surface area contributed by atoms with E-state index in [-0.39, 0.29) is 29.9 Å². The Hall–Kier alpha value is -0.920. The highest BCUT2D eigenvalue weighted by atomic mass is 79.9. The minimum Gasteiger partial charge on any atom is -0.325 e. The number of rotatable bonds is 3. The first-order valence-corrected chi connectivity index (χ1v) is 8.97. The maximum Gasteiger partial charge on any atom is 0.226 e. The van der Waals surface area contributed by atoms with Gasteiger partial charge in [-0.05, 0) is 40.5 Å². The Morgan fingerprint density at radius 3 is 2.95 bits per heavy atom. The van der Waals surface area contributed by atoms with E-state index in [1.807, 2.05) is 25.1 Å². The predicted molar refractivity (Wildman–Crippen MR) is 82.6 cm³/mol. The summed E-state index contributed by atoms with van der Waals surface area (Å²) in [4.78, 5) is 12.0. The first-order valence-electron chi connectivity index (χ1n) is 6.35. The van der Waals surface area contributed by atoms with E-state index in [1.165, 1.54) is 0 Å². The minimum absolute atomic E-state index is 0.0232. The van der Waals surface area contributed by atoms with Crippen molar-refractivity contribution in [3.8, 4) is 0 Å². The fourth-order valence-corrected chi connectivity index (χ4v) is 3.95. The van der Waals surface area contributed by atoms with E-state index in [0.29, 0.717) is 12.2 Å². The number of hydrogen-bond acceptors (Lipinski definition) is 4. The van der Waals surface area contributed by atoms with Crippen molar-refractivity contribution in [2.24, 2.45) is 0 Å². The number of hydrogen-bond donors (Lipinski definition) is 2. The van der Waals surface area contributed by atoms with Crippen LogP contribution in [0.3, 0.4) is 0 Å². The number of anilines is 1. The summed E-state index contributed by atoms with van der Waals surface area (Å²) in [6.45, 7) is 2.35. The van der Waals surface area contributed by atoms with E-state index in [4.69, 9.17) is 0 Å². The average Bonchev–Trinajstić information content (AvgIpc) is 2.32. The molecule has 1 amide bonds. The van der Waals surface area contributed by atoms with Gasteiger partial charge in [0.2, 0.25) is 5.91 Å². The number of amides is 1. The van der Waals surface area contributed by atoms with Crippen LogP contribution in [0.1, 0.15) is 12.0 Å². The van der Waals surface area contributed by atoms with Gasteiger partial charge in [0.25, 0.3) is 0 Å². The van der Waals surface area contributed by atoms with Gasteiger partial charge in [0, 0.05) is 23.5 Å². The molecule has 2 rings (SSSR count). The minimum atomic E-state index is -3.02. The Balaban J connectivity index is 1.97. The van der Waals surface area contributed by atoms with Gasteiger partial charge in [-0.15, -0.1) is 0 Å². The smallest absolute Gasteiger partial charge is 0.226 e. The number of sulfone groups is 1. The summed E-state index contributed by atoms with van der Waals surface area (Å²) in [5, 5.41) is 5.87. The van der Waals surface area contributed by atoms with Gasteiger partial charge in [0.05, 0.1) is 17.2 Å². The number of halogens is 1. The number of carbonyl (C=O) groups is 1. The maximum absolute atomic E-state index is 12.0. The molecule has 1 aromatic carbocycles. The zero-order valence-corrected chi connectivity index (χ0v) is 13.6. The molecule has 0 spiro atoms. The van der Waals surface area contributed by atoms with E-state index >= 15 is 0 Å². The van der Waals surface area contributed by atoms with Gasteiger partial charge in [-0.3, -0.25) is 4.79 Å². The lowest BCUT2D eigenvalue weighted by Crippen LogP contribution is -2.46. The van der Waals surface area contributed by atoms with Gasteiger partial charge in [-0.25, -0.2) is 8.42 Å². The van der Waals surface area contributed by atoms with Crippen LogP contribution in [0.15, 0.2) is 22.7 Å². The molecule has 0 radical (unpaired) electrons. The van der Waals surface area contributed by atoms with Crippen LogP contribution in [0.25, 0.3) is 0 Å². The zero-order valence-electron chi connectivity index (χ0n) is 11.1.